The minimum Gasteiger partial charge on any atom is -0.465 e. The van der Waals surface area contributed by atoms with Gasteiger partial charge in [0.1, 0.15) is 11.6 Å². The molecule has 0 amide bonds. The molecule has 0 aliphatic rings. The first-order valence-corrected chi connectivity index (χ1v) is 12.7. The Hall–Kier alpha value is -1.72. The van der Waals surface area contributed by atoms with Crippen LogP contribution in [0.25, 0.3) is 0 Å². The molecule has 0 aliphatic heterocycles. The lowest BCUT2D eigenvalue weighted by molar-refractivity contribution is -0.167. The average molecular weight is 489 g/mol. The van der Waals surface area contributed by atoms with Crippen LogP contribution in [-0.4, -0.2) is 36.7 Å². The second-order valence-electron chi connectivity index (χ2n) is 9.75. The van der Waals surface area contributed by atoms with Gasteiger partial charge in [-0.05, 0) is 51.4 Å². The summed E-state index contributed by atoms with van der Waals surface area (Å²) < 4.78 is 58.1. The van der Waals surface area contributed by atoms with Crippen molar-refractivity contribution in [2.45, 2.75) is 119 Å². The van der Waals surface area contributed by atoms with E-state index in [-0.39, 0.29) is 26.1 Å². The van der Waals surface area contributed by atoms with Gasteiger partial charge in [-0.1, -0.05) is 78.9 Å². The molecular weight excluding hydrogens is 432 g/mol. The molecule has 0 N–H and O–H groups in total. The van der Waals surface area contributed by atoms with E-state index in [0.29, 0.717) is 12.8 Å². The van der Waals surface area contributed by atoms with Crippen LogP contribution in [0.1, 0.15) is 128 Å². The molecule has 2 unspecified atom stereocenters. The Labute approximate surface area is 216 Å². The molecule has 0 saturated heterocycles. The number of unbranched alkanes of at least 4 members (excludes halogenated alkanes) is 7. The Balaban J connectivity index is 4.88. The van der Waals surface area contributed by atoms with Crippen LogP contribution < -0.4 is 0 Å². The number of ketones is 2. The summed E-state index contributed by atoms with van der Waals surface area (Å²) >= 11 is 0. The summed E-state index contributed by atoms with van der Waals surface area (Å²) in [6.07, 6.45) is 6.47. The van der Waals surface area contributed by atoms with Gasteiger partial charge in [-0.3, -0.25) is 19.2 Å². The Morgan fingerprint density at radius 2 is 0.971 bits per heavy atom. The van der Waals surface area contributed by atoms with Crippen molar-refractivity contribution in [2.24, 2.45) is 22.7 Å². The van der Waals surface area contributed by atoms with E-state index in [1.54, 1.807) is 13.8 Å². The average Bonchev–Trinajstić information content (AvgIpc) is 2.78. The van der Waals surface area contributed by atoms with Gasteiger partial charge in [0.2, 0.25) is 0 Å². The van der Waals surface area contributed by atoms with Gasteiger partial charge in [0.05, 0.1) is 19.1 Å². The topological polar surface area (TPSA) is 86.7 Å². The molecule has 0 aliphatic carbocycles. The van der Waals surface area contributed by atoms with Crippen molar-refractivity contribution in [3.8, 4) is 0 Å². The quantitative estimate of drug-likeness (QED) is 0.117. The molecule has 198 valence electrons. The molecule has 34 heavy (non-hydrogen) atoms. The van der Waals surface area contributed by atoms with Gasteiger partial charge in [-0.2, -0.15) is 0 Å². The van der Waals surface area contributed by atoms with Crippen molar-refractivity contribution >= 4 is 23.5 Å². The summed E-state index contributed by atoms with van der Waals surface area (Å²) in [4.78, 5) is 49.3. The zero-order valence-corrected chi connectivity index (χ0v) is 22.1. The van der Waals surface area contributed by atoms with Gasteiger partial charge in [-0.25, -0.2) is 0 Å². The zero-order chi connectivity index (χ0) is 31.4. The Kier molecular flexibility index (Phi) is 10.7. The maximum absolute atomic E-state index is 12.6. The fourth-order valence-electron chi connectivity index (χ4n) is 4.58. The summed E-state index contributed by atoms with van der Waals surface area (Å²) in [6.45, 7) is 3.69. The van der Waals surface area contributed by atoms with Crippen molar-refractivity contribution in [1.82, 2.24) is 0 Å². The largest absolute Gasteiger partial charge is 0.465 e. The predicted molar refractivity (Wildman–Crippen MR) is 135 cm³/mol. The third kappa shape index (κ3) is 11.6. The highest BCUT2D eigenvalue weighted by Gasteiger charge is 2.42. The lowest BCUT2D eigenvalue weighted by Gasteiger charge is -2.31. The SMILES string of the molecule is [2H]C([2H])([2H])C(C)(CCCCCCCCCCC(C)(C(C(=O)OCC)C(=O)OCC)C([2H])([2H])[2H])C(C(C)=O)C(C)=O. The molecule has 0 aromatic carbocycles. The minimum absolute atomic E-state index is 0.0231. The molecule has 0 saturated carbocycles. The Morgan fingerprint density at radius 3 is 1.26 bits per heavy atom. The summed E-state index contributed by atoms with van der Waals surface area (Å²) in [5.41, 5.74) is -3.02. The fraction of sp³-hybridized carbons (Fsp3) is 0.857. The van der Waals surface area contributed by atoms with Gasteiger partial charge >= 0.3 is 11.9 Å². The first kappa shape index (κ1) is 22.7. The molecule has 0 radical (unpaired) electrons. The lowest BCUT2D eigenvalue weighted by Crippen LogP contribution is -2.39. The normalized spacial score (nSPS) is 18.4. The molecule has 0 aromatic rings. The molecule has 0 aromatic heterocycles. The van der Waals surface area contributed by atoms with Crippen LogP contribution in [0.15, 0.2) is 0 Å². The van der Waals surface area contributed by atoms with Gasteiger partial charge in [0, 0.05) is 8.22 Å². The summed E-state index contributed by atoms with van der Waals surface area (Å²) in [7, 11) is 0. The van der Waals surface area contributed by atoms with Crippen LogP contribution in [0.3, 0.4) is 0 Å². The zero-order valence-electron chi connectivity index (χ0n) is 28.1. The maximum Gasteiger partial charge on any atom is 0.320 e. The molecule has 0 rings (SSSR count). The standard InChI is InChI=1S/C28H50O6/c1-9-33-25(31)24(26(32)34-10-2)28(7,8)20-18-16-14-12-11-13-15-17-19-27(5,6)23(21(3)29)22(4)30/h23-24H,9-20H2,1-8H3/i5D3,7D3. The van der Waals surface area contributed by atoms with E-state index in [2.05, 4.69) is 0 Å². The summed E-state index contributed by atoms with van der Waals surface area (Å²) in [6, 6.07) is 0. The highest BCUT2D eigenvalue weighted by atomic mass is 16.6. The van der Waals surface area contributed by atoms with Gasteiger partial charge in [0.25, 0.3) is 0 Å². The van der Waals surface area contributed by atoms with E-state index in [1.807, 2.05) is 0 Å². The van der Waals surface area contributed by atoms with E-state index >= 15 is 0 Å². The van der Waals surface area contributed by atoms with Crippen LogP contribution in [0.4, 0.5) is 0 Å². The fourth-order valence-corrected chi connectivity index (χ4v) is 4.58. The first-order chi connectivity index (χ1) is 18.3. The number of carbonyl (C=O) groups is 4. The number of rotatable bonds is 19. The van der Waals surface area contributed by atoms with Crippen LogP contribution >= 0.6 is 0 Å². The summed E-state index contributed by atoms with van der Waals surface area (Å²) in [5, 5.41) is 0. The number of esters is 2. The second-order valence-corrected chi connectivity index (χ2v) is 9.75. The van der Waals surface area contributed by atoms with Crippen LogP contribution in [0.2, 0.25) is 0 Å². The van der Waals surface area contributed by atoms with E-state index < -0.39 is 59.9 Å². The minimum atomic E-state index is -2.58. The molecular formula is C28H50O6. The van der Waals surface area contributed by atoms with Crippen LogP contribution in [0.5, 0.6) is 0 Å². The smallest absolute Gasteiger partial charge is 0.320 e. The number of carbonyl (C=O) groups excluding carboxylic acids is 4. The molecule has 0 fully saturated rings. The van der Waals surface area contributed by atoms with Crippen molar-refractivity contribution in [3.05, 3.63) is 0 Å². The summed E-state index contributed by atoms with van der Waals surface area (Å²) in [5.74, 6) is -5.29. The number of hydrogen-bond donors (Lipinski definition) is 0. The van der Waals surface area contributed by atoms with Gasteiger partial charge < -0.3 is 9.47 Å². The van der Waals surface area contributed by atoms with Crippen LogP contribution in [0, 0.1) is 22.7 Å². The van der Waals surface area contributed by atoms with Crippen molar-refractivity contribution in [3.63, 3.8) is 0 Å². The Bertz CT molecular complexity index is 808. The lowest BCUT2D eigenvalue weighted by atomic mass is 9.71. The Morgan fingerprint density at radius 1 is 0.647 bits per heavy atom. The van der Waals surface area contributed by atoms with Crippen LogP contribution in [-0.2, 0) is 28.7 Å². The monoisotopic (exact) mass is 488 g/mol. The molecule has 0 heterocycles. The molecule has 0 spiro atoms. The third-order valence-corrected chi connectivity index (χ3v) is 6.27. The van der Waals surface area contributed by atoms with E-state index in [1.165, 1.54) is 27.7 Å². The highest BCUT2D eigenvalue weighted by Crippen LogP contribution is 2.36. The first-order valence-electron chi connectivity index (χ1n) is 15.7. The number of hydrogen-bond acceptors (Lipinski definition) is 6. The highest BCUT2D eigenvalue weighted by molar-refractivity contribution is 6.01. The van der Waals surface area contributed by atoms with Crippen molar-refractivity contribution in [2.75, 3.05) is 13.2 Å². The maximum atomic E-state index is 12.6. The van der Waals surface area contributed by atoms with Crippen molar-refractivity contribution in [1.29, 1.82) is 0 Å². The van der Waals surface area contributed by atoms with Gasteiger partial charge in [0.15, 0.2) is 5.92 Å². The molecule has 6 nitrogen and oxygen atoms in total. The third-order valence-electron chi connectivity index (χ3n) is 6.27. The van der Waals surface area contributed by atoms with E-state index in [9.17, 15) is 19.2 Å². The number of Topliss-reactive ketones (excluding diaryl/α,β-unsaturated/α-hetero) is 2. The molecule has 6 heteroatoms. The van der Waals surface area contributed by atoms with Crippen molar-refractivity contribution < 1.29 is 36.9 Å². The second kappa shape index (κ2) is 16.0. The molecule has 0 bridgehead atoms. The predicted octanol–water partition coefficient (Wildman–Crippen LogP) is 6.48. The molecule has 2 atom stereocenters. The van der Waals surface area contributed by atoms with Gasteiger partial charge in [-0.15, -0.1) is 0 Å². The van der Waals surface area contributed by atoms with E-state index in [0.717, 1.165) is 38.5 Å². The van der Waals surface area contributed by atoms with E-state index in [4.69, 9.17) is 17.7 Å². The number of ether oxygens (including phenoxy) is 2.